The van der Waals surface area contributed by atoms with Crippen molar-refractivity contribution in [1.82, 2.24) is 9.36 Å². The maximum absolute atomic E-state index is 10.9. The summed E-state index contributed by atoms with van der Waals surface area (Å²) in [5.41, 5.74) is 5.20. The minimum Gasteiger partial charge on any atom is -0.395 e. The quantitative estimate of drug-likeness (QED) is 0.469. The molecule has 0 spiro atoms. The highest BCUT2D eigenvalue weighted by Gasteiger charge is 2.17. The van der Waals surface area contributed by atoms with Crippen molar-refractivity contribution < 1.29 is 9.63 Å². The Balaban J connectivity index is 2.94. The molecule has 14 heavy (non-hydrogen) atoms. The summed E-state index contributed by atoms with van der Waals surface area (Å²) in [6, 6.07) is 0. The molecule has 0 bridgehead atoms. The molecule has 6 nitrogen and oxygen atoms in total. The van der Waals surface area contributed by atoms with Gasteiger partial charge in [-0.1, -0.05) is 5.16 Å². The first-order valence-corrected chi connectivity index (χ1v) is 4.79. The van der Waals surface area contributed by atoms with Crippen LogP contribution in [-0.4, -0.2) is 26.9 Å². The van der Waals surface area contributed by atoms with Crippen LogP contribution in [0.15, 0.2) is 5.16 Å². The molecule has 0 atom stereocenters. The summed E-state index contributed by atoms with van der Waals surface area (Å²) in [6.07, 6.45) is 0. The summed E-state index contributed by atoms with van der Waals surface area (Å²) in [4.78, 5) is 19.3. The fourth-order valence-electron chi connectivity index (χ4n) is 0.625. The van der Waals surface area contributed by atoms with Gasteiger partial charge in [0.1, 0.15) is 6.61 Å². The molecule has 0 amide bonds. The standard InChI is InChI=1S/C6H7ClN4O2S/c1-2-13-10-3(4(7)12)5-9-6(8)14-11-5/h2H2,1H3,(H2,8,9,11)/b10-3-. The first-order valence-electron chi connectivity index (χ1n) is 3.64. The highest BCUT2D eigenvalue weighted by molar-refractivity contribution is 7.09. The molecular formula is C6H7ClN4O2S. The summed E-state index contributed by atoms with van der Waals surface area (Å²) in [7, 11) is 0. The van der Waals surface area contributed by atoms with Crippen molar-refractivity contribution in [3.05, 3.63) is 5.82 Å². The third-order valence-corrected chi connectivity index (χ3v) is 1.85. The monoisotopic (exact) mass is 234 g/mol. The number of rotatable bonds is 4. The zero-order chi connectivity index (χ0) is 10.6. The van der Waals surface area contributed by atoms with Crippen LogP contribution in [0.25, 0.3) is 0 Å². The number of halogens is 1. The second-order valence-corrected chi connectivity index (χ2v) is 3.21. The van der Waals surface area contributed by atoms with Gasteiger partial charge in [-0.15, -0.1) is 0 Å². The lowest BCUT2D eigenvalue weighted by Crippen LogP contribution is -2.12. The smallest absolute Gasteiger partial charge is 0.278 e. The van der Waals surface area contributed by atoms with Crippen molar-refractivity contribution in [3.63, 3.8) is 0 Å². The van der Waals surface area contributed by atoms with Crippen molar-refractivity contribution in [3.8, 4) is 0 Å². The van der Waals surface area contributed by atoms with Gasteiger partial charge in [0.2, 0.25) is 11.5 Å². The Hall–Kier alpha value is -1.21. The maximum Gasteiger partial charge on any atom is 0.278 e. The van der Waals surface area contributed by atoms with E-state index < -0.39 is 5.24 Å². The molecular weight excluding hydrogens is 228 g/mol. The predicted molar refractivity (Wildman–Crippen MR) is 53.3 cm³/mol. The van der Waals surface area contributed by atoms with Crippen LogP contribution >= 0.6 is 23.1 Å². The van der Waals surface area contributed by atoms with E-state index >= 15 is 0 Å². The molecule has 0 aliphatic heterocycles. The molecule has 0 saturated heterocycles. The Kier molecular flexibility index (Phi) is 3.78. The second-order valence-electron chi connectivity index (χ2n) is 2.09. The first-order chi connectivity index (χ1) is 6.65. The summed E-state index contributed by atoms with van der Waals surface area (Å²) >= 11 is 6.21. The van der Waals surface area contributed by atoms with E-state index in [1.807, 2.05) is 0 Å². The molecule has 0 saturated carbocycles. The van der Waals surface area contributed by atoms with Gasteiger partial charge in [0, 0.05) is 11.5 Å². The van der Waals surface area contributed by atoms with Crippen molar-refractivity contribution in [2.45, 2.75) is 6.92 Å². The first kappa shape index (κ1) is 10.9. The van der Waals surface area contributed by atoms with Crippen LogP contribution in [0.3, 0.4) is 0 Å². The Morgan fingerprint density at radius 1 is 1.79 bits per heavy atom. The number of hydrogen-bond acceptors (Lipinski definition) is 7. The van der Waals surface area contributed by atoms with Gasteiger partial charge >= 0.3 is 0 Å². The van der Waals surface area contributed by atoms with Crippen LogP contribution in [0.4, 0.5) is 5.13 Å². The number of oxime groups is 1. The number of carbonyl (C=O) groups excluding carboxylic acids is 1. The van der Waals surface area contributed by atoms with Gasteiger partial charge in [-0.3, -0.25) is 4.79 Å². The fourth-order valence-corrected chi connectivity index (χ4v) is 1.18. The van der Waals surface area contributed by atoms with E-state index in [0.29, 0.717) is 6.61 Å². The number of carbonyl (C=O) groups is 1. The molecule has 0 fully saturated rings. The molecule has 0 aromatic carbocycles. The van der Waals surface area contributed by atoms with E-state index in [1.54, 1.807) is 6.92 Å². The van der Waals surface area contributed by atoms with E-state index in [2.05, 4.69) is 19.4 Å². The molecule has 8 heteroatoms. The Bertz CT molecular complexity index is 364. The molecule has 76 valence electrons. The summed E-state index contributed by atoms with van der Waals surface area (Å²) in [5, 5.41) is 2.94. The summed E-state index contributed by atoms with van der Waals surface area (Å²) in [6.45, 7) is 2.05. The zero-order valence-corrected chi connectivity index (χ0v) is 8.80. The minimum absolute atomic E-state index is 0.0842. The lowest BCUT2D eigenvalue weighted by atomic mass is 10.4. The number of nitrogen functional groups attached to an aromatic ring is 1. The molecule has 0 aliphatic carbocycles. The van der Waals surface area contributed by atoms with Crippen LogP contribution in [0.5, 0.6) is 0 Å². The molecule has 0 radical (unpaired) electrons. The Morgan fingerprint density at radius 3 is 2.93 bits per heavy atom. The van der Waals surface area contributed by atoms with E-state index in [0.717, 1.165) is 11.5 Å². The highest BCUT2D eigenvalue weighted by Crippen LogP contribution is 2.08. The number of nitrogens with two attached hydrogens (primary N) is 1. The molecule has 0 unspecified atom stereocenters. The normalized spacial score (nSPS) is 11.4. The van der Waals surface area contributed by atoms with Crippen molar-refractivity contribution in [2.75, 3.05) is 12.3 Å². The van der Waals surface area contributed by atoms with Crippen LogP contribution in [0.2, 0.25) is 0 Å². The summed E-state index contributed by atoms with van der Waals surface area (Å²) in [5.74, 6) is 0.0842. The predicted octanol–water partition coefficient (Wildman–Crippen LogP) is 0.626. The Morgan fingerprint density at radius 2 is 2.50 bits per heavy atom. The fraction of sp³-hybridized carbons (Fsp3) is 0.333. The lowest BCUT2D eigenvalue weighted by molar-refractivity contribution is -0.106. The van der Waals surface area contributed by atoms with Crippen molar-refractivity contribution in [2.24, 2.45) is 5.16 Å². The Labute approximate surface area is 88.9 Å². The zero-order valence-electron chi connectivity index (χ0n) is 7.23. The average molecular weight is 235 g/mol. The van der Waals surface area contributed by atoms with E-state index in [1.165, 1.54) is 0 Å². The van der Waals surface area contributed by atoms with Gasteiger partial charge in [-0.2, -0.15) is 9.36 Å². The summed E-state index contributed by atoms with van der Waals surface area (Å²) < 4.78 is 3.78. The molecule has 1 aromatic rings. The van der Waals surface area contributed by atoms with Crippen LogP contribution in [-0.2, 0) is 9.63 Å². The minimum atomic E-state index is -0.781. The van der Waals surface area contributed by atoms with Crippen LogP contribution < -0.4 is 5.73 Å². The second kappa shape index (κ2) is 4.87. The van der Waals surface area contributed by atoms with Gasteiger partial charge in [0.05, 0.1) is 0 Å². The number of hydrogen-bond donors (Lipinski definition) is 1. The largest absolute Gasteiger partial charge is 0.395 e. The molecule has 2 N–H and O–H groups in total. The number of aromatic nitrogens is 2. The van der Waals surface area contributed by atoms with Gasteiger partial charge in [-0.25, -0.2) is 0 Å². The highest BCUT2D eigenvalue weighted by atomic mass is 35.5. The van der Waals surface area contributed by atoms with Gasteiger partial charge in [0.15, 0.2) is 5.13 Å². The van der Waals surface area contributed by atoms with Crippen molar-refractivity contribution >= 4 is 39.2 Å². The number of anilines is 1. The SMILES string of the molecule is CCO/N=C(/C(=O)Cl)c1nsc(N)n1. The van der Waals surface area contributed by atoms with E-state index in [-0.39, 0.29) is 16.7 Å². The van der Waals surface area contributed by atoms with E-state index in [4.69, 9.17) is 17.3 Å². The van der Waals surface area contributed by atoms with Gasteiger partial charge in [-0.05, 0) is 18.5 Å². The molecule has 1 heterocycles. The molecule has 1 rings (SSSR count). The molecule has 1 aromatic heterocycles. The number of nitrogens with zero attached hydrogens (tertiary/aromatic N) is 3. The maximum atomic E-state index is 10.9. The van der Waals surface area contributed by atoms with Crippen LogP contribution in [0, 0.1) is 0 Å². The average Bonchev–Trinajstić information content (AvgIpc) is 2.52. The lowest BCUT2D eigenvalue weighted by Gasteiger charge is -1.95. The third-order valence-electron chi connectivity index (χ3n) is 1.12. The van der Waals surface area contributed by atoms with Gasteiger partial charge < -0.3 is 10.6 Å². The van der Waals surface area contributed by atoms with E-state index in [9.17, 15) is 4.79 Å². The topological polar surface area (TPSA) is 90.5 Å². The van der Waals surface area contributed by atoms with Crippen LogP contribution in [0.1, 0.15) is 12.7 Å². The molecule has 0 aliphatic rings. The third kappa shape index (κ3) is 2.64. The van der Waals surface area contributed by atoms with Gasteiger partial charge in [0.25, 0.3) is 5.24 Å². The van der Waals surface area contributed by atoms with Crippen molar-refractivity contribution in [1.29, 1.82) is 0 Å².